The van der Waals surface area contributed by atoms with E-state index in [1.165, 1.54) is 45.2 Å². The lowest BCUT2D eigenvalue weighted by Crippen LogP contribution is -2.27. The molecule has 1 N–H and O–H groups in total. The van der Waals surface area contributed by atoms with E-state index in [-0.39, 0.29) is 12.4 Å². The number of nitrogens with one attached hydrogen (secondary N) is 1. The fourth-order valence-electron chi connectivity index (χ4n) is 1.66. The molecule has 68 valence electrons. The molecule has 1 fully saturated rings. The minimum absolute atomic E-state index is 0. The van der Waals surface area contributed by atoms with Crippen molar-refractivity contribution in [3.8, 4) is 0 Å². The number of piperidine rings is 1. The lowest BCUT2D eigenvalue weighted by atomic mass is 9.93. The number of hydrogen-bond donors (Lipinski definition) is 1. The fraction of sp³-hybridized carbons (Fsp3) is 1.00. The van der Waals surface area contributed by atoms with Gasteiger partial charge in [-0.2, -0.15) is 0 Å². The van der Waals surface area contributed by atoms with E-state index in [1.807, 2.05) is 0 Å². The van der Waals surface area contributed by atoms with Gasteiger partial charge >= 0.3 is 0 Å². The van der Waals surface area contributed by atoms with Crippen LogP contribution in [0.3, 0.4) is 0 Å². The van der Waals surface area contributed by atoms with E-state index in [0.29, 0.717) is 0 Å². The molecular formula is C9H20ClN. The molecule has 1 nitrogen and oxygen atoms in total. The van der Waals surface area contributed by atoms with Gasteiger partial charge in [-0.15, -0.1) is 12.4 Å². The largest absolute Gasteiger partial charge is 0.317 e. The predicted octanol–water partition coefficient (Wildman–Crippen LogP) is 2.60. The van der Waals surface area contributed by atoms with Crippen LogP contribution in [0.2, 0.25) is 0 Å². The average Bonchev–Trinajstić information content (AvgIpc) is 2.03. The van der Waals surface area contributed by atoms with Crippen molar-refractivity contribution in [3.63, 3.8) is 0 Å². The topological polar surface area (TPSA) is 12.0 Å². The standard InChI is InChI=1S/C9H19N.ClH/c1-2-3-4-9-5-7-10-8-6-9;/h9-10H,2-8H2,1H3;1H. The Hall–Kier alpha value is 0.250. The molecule has 0 aliphatic carbocycles. The highest BCUT2D eigenvalue weighted by atomic mass is 35.5. The van der Waals surface area contributed by atoms with Crippen LogP contribution in [-0.2, 0) is 0 Å². The molecular weight excluding hydrogens is 158 g/mol. The SMILES string of the molecule is CCCCC1CCNCC1.Cl. The van der Waals surface area contributed by atoms with Gasteiger partial charge in [-0.25, -0.2) is 0 Å². The van der Waals surface area contributed by atoms with Crippen LogP contribution in [-0.4, -0.2) is 13.1 Å². The molecule has 0 aromatic heterocycles. The molecule has 0 amide bonds. The second-order valence-electron chi connectivity index (χ2n) is 3.34. The lowest BCUT2D eigenvalue weighted by molar-refractivity contribution is 0.346. The zero-order valence-electron chi connectivity index (χ0n) is 7.44. The maximum atomic E-state index is 3.39. The Labute approximate surface area is 76.4 Å². The van der Waals surface area contributed by atoms with Crippen molar-refractivity contribution in [2.45, 2.75) is 39.0 Å². The van der Waals surface area contributed by atoms with Crippen LogP contribution >= 0.6 is 12.4 Å². The van der Waals surface area contributed by atoms with Crippen molar-refractivity contribution in [2.24, 2.45) is 5.92 Å². The van der Waals surface area contributed by atoms with Gasteiger partial charge in [0.2, 0.25) is 0 Å². The second kappa shape index (κ2) is 6.93. The molecule has 0 saturated carbocycles. The van der Waals surface area contributed by atoms with Gasteiger partial charge < -0.3 is 5.32 Å². The quantitative estimate of drug-likeness (QED) is 0.699. The highest BCUT2D eigenvalue weighted by Crippen LogP contribution is 2.17. The Morgan fingerprint density at radius 2 is 1.91 bits per heavy atom. The summed E-state index contributed by atoms with van der Waals surface area (Å²) in [5.41, 5.74) is 0. The van der Waals surface area contributed by atoms with E-state index in [4.69, 9.17) is 0 Å². The van der Waals surface area contributed by atoms with Crippen LogP contribution in [0.25, 0.3) is 0 Å². The Morgan fingerprint density at radius 1 is 1.27 bits per heavy atom. The van der Waals surface area contributed by atoms with Crippen molar-refractivity contribution >= 4 is 12.4 Å². The maximum Gasteiger partial charge on any atom is -0.00463 e. The van der Waals surface area contributed by atoms with Crippen LogP contribution in [0, 0.1) is 5.92 Å². The third-order valence-corrected chi connectivity index (χ3v) is 2.42. The summed E-state index contributed by atoms with van der Waals surface area (Å²) in [4.78, 5) is 0. The van der Waals surface area contributed by atoms with E-state index < -0.39 is 0 Å². The van der Waals surface area contributed by atoms with Crippen LogP contribution in [0.15, 0.2) is 0 Å². The summed E-state index contributed by atoms with van der Waals surface area (Å²) >= 11 is 0. The maximum absolute atomic E-state index is 3.39. The average molecular weight is 178 g/mol. The summed E-state index contributed by atoms with van der Waals surface area (Å²) in [6.45, 7) is 4.80. The first-order valence-electron chi connectivity index (χ1n) is 4.64. The third kappa shape index (κ3) is 4.65. The summed E-state index contributed by atoms with van der Waals surface area (Å²) in [5.74, 6) is 1.04. The van der Waals surface area contributed by atoms with E-state index in [1.54, 1.807) is 0 Å². The molecule has 1 aliphatic heterocycles. The van der Waals surface area contributed by atoms with Gasteiger partial charge in [0.1, 0.15) is 0 Å². The third-order valence-electron chi connectivity index (χ3n) is 2.42. The van der Waals surface area contributed by atoms with Gasteiger partial charge in [-0.1, -0.05) is 26.2 Å². The highest BCUT2D eigenvalue weighted by Gasteiger charge is 2.11. The monoisotopic (exact) mass is 177 g/mol. The molecule has 1 aliphatic rings. The van der Waals surface area contributed by atoms with Gasteiger partial charge in [0.25, 0.3) is 0 Å². The molecule has 0 atom stereocenters. The zero-order valence-corrected chi connectivity index (χ0v) is 8.25. The van der Waals surface area contributed by atoms with Crippen LogP contribution in [0.4, 0.5) is 0 Å². The van der Waals surface area contributed by atoms with Gasteiger partial charge in [0.15, 0.2) is 0 Å². The van der Waals surface area contributed by atoms with Crippen LogP contribution < -0.4 is 5.32 Å². The Morgan fingerprint density at radius 3 is 2.45 bits per heavy atom. The zero-order chi connectivity index (χ0) is 7.23. The summed E-state index contributed by atoms with van der Waals surface area (Å²) < 4.78 is 0. The first-order valence-corrected chi connectivity index (χ1v) is 4.64. The lowest BCUT2D eigenvalue weighted by Gasteiger charge is -2.21. The van der Waals surface area contributed by atoms with Crippen LogP contribution in [0.1, 0.15) is 39.0 Å². The molecule has 1 heterocycles. The van der Waals surface area contributed by atoms with E-state index >= 15 is 0 Å². The van der Waals surface area contributed by atoms with Gasteiger partial charge in [0.05, 0.1) is 0 Å². The molecule has 1 saturated heterocycles. The summed E-state index contributed by atoms with van der Waals surface area (Å²) in [6.07, 6.45) is 7.10. The van der Waals surface area contributed by atoms with Gasteiger partial charge in [0, 0.05) is 0 Å². The fourth-order valence-corrected chi connectivity index (χ4v) is 1.66. The van der Waals surface area contributed by atoms with E-state index in [9.17, 15) is 0 Å². The second-order valence-corrected chi connectivity index (χ2v) is 3.34. The Bertz CT molecular complexity index is 79.6. The van der Waals surface area contributed by atoms with Gasteiger partial charge in [-0.05, 0) is 31.8 Å². The Kier molecular flexibility index (Phi) is 7.09. The first-order chi connectivity index (χ1) is 4.93. The number of rotatable bonds is 3. The van der Waals surface area contributed by atoms with Crippen LogP contribution in [0.5, 0.6) is 0 Å². The minimum Gasteiger partial charge on any atom is -0.317 e. The van der Waals surface area contributed by atoms with Crippen molar-refractivity contribution in [1.82, 2.24) is 5.32 Å². The minimum atomic E-state index is 0. The molecule has 1 rings (SSSR count). The number of unbranched alkanes of at least 4 members (excludes halogenated alkanes) is 1. The molecule has 0 bridgehead atoms. The highest BCUT2D eigenvalue weighted by molar-refractivity contribution is 5.85. The number of halogens is 1. The molecule has 2 heteroatoms. The van der Waals surface area contributed by atoms with Crippen molar-refractivity contribution < 1.29 is 0 Å². The smallest absolute Gasteiger partial charge is 0.00463 e. The molecule has 0 unspecified atom stereocenters. The van der Waals surface area contributed by atoms with E-state index in [0.717, 1.165) is 5.92 Å². The van der Waals surface area contributed by atoms with Gasteiger partial charge in [-0.3, -0.25) is 0 Å². The summed E-state index contributed by atoms with van der Waals surface area (Å²) in [6, 6.07) is 0. The number of hydrogen-bond acceptors (Lipinski definition) is 1. The molecule has 0 radical (unpaired) electrons. The predicted molar refractivity (Wildman–Crippen MR) is 52.4 cm³/mol. The summed E-state index contributed by atoms with van der Waals surface area (Å²) in [5, 5.41) is 3.39. The molecule has 0 spiro atoms. The van der Waals surface area contributed by atoms with Crippen molar-refractivity contribution in [2.75, 3.05) is 13.1 Å². The molecule has 0 aromatic carbocycles. The van der Waals surface area contributed by atoms with Crippen molar-refractivity contribution in [3.05, 3.63) is 0 Å². The van der Waals surface area contributed by atoms with E-state index in [2.05, 4.69) is 12.2 Å². The normalized spacial score (nSPS) is 19.4. The Balaban J connectivity index is 0.000001000. The first kappa shape index (κ1) is 11.2. The summed E-state index contributed by atoms with van der Waals surface area (Å²) in [7, 11) is 0. The van der Waals surface area contributed by atoms with Crippen molar-refractivity contribution in [1.29, 1.82) is 0 Å². The molecule has 11 heavy (non-hydrogen) atoms. The molecule has 0 aromatic rings.